The van der Waals surface area contributed by atoms with E-state index < -0.39 is 11.9 Å². The number of carbonyl (C=O) groups excluding carboxylic acids is 1. The number of aromatic nitrogens is 3. The monoisotopic (exact) mass is 416 g/mol. The van der Waals surface area contributed by atoms with Gasteiger partial charge in [0.05, 0.1) is 12.1 Å². The summed E-state index contributed by atoms with van der Waals surface area (Å²) in [6.07, 6.45) is -2.80. The van der Waals surface area contributed by atoms with Crippen molar-refractivity contribution in [3.8, 4) is 0 Å². The van der Waals surface area contributed by atoms with Gasteiger partial charge in [-0.3, -0.25) is 4.79 Å². The maximum atomic E-state index is 13.4. The number of carbonyl (C=O) groups is 1. The van der Waals surface area contributed by atoms with Gasteiger partial charge in [-0.15, -0.1) is 0 Å². The van der Waals surface area contributed by atoms with E-state index in [2.05, 4.69) is 10.1 Å². The summed E-state index contributed by atoms with van der Waals surface area (Å²) in [5.41, 5.74) is 2.42. The van der Waals surface area contributed by atoms with Gasteiger partial charge in [0.25, 0.3) is 0 Å². The number of benzene rings is 1. The van der Waals surface area contributed by atoms with Crippen LogP contribution in [0.2, 0.25) is 0 Å². The topological polar surface area (TPSA) is 50.5 Å². The number of amides is 1. The molecule has 0 spiro atoms. The molecule has 2 aromatic heterocycles. The van der Waals surface area contributed by atoms with Crippen LogP contribution in [-0.4, -0.2) is 38.5 Å². The van der Waals surface area contributed by atoms with Gasteiger partial charge in [-0.2, -0.15) is 18.3 Å². The van der Waals surface area contributed by atoms with Crippen LogP contribution >= 0.6 is 0 Å². The zero-order chi connectivity index (χ0) is 21.5. The Morgan fingerprint density at radius 2 is 1.77 bits per heavy atom. The molecule has 1 aromatic carbocycles. The first-order valence-electron chi connectivity index (χ1n) is 9.98. The molecule has 1 aliphatic heterocycles. The quantitative estimate of drug-likeness (QED) is 0.639. The molecule has 1 aliphatic rings. The van der Waals surface area contributed by atoms with E-state index in [4.69, 9.17) is 0 Å². The van der Waals surface area contributed by atoms with Gasteiger partial charge in [-0.05, 0) is 38.3 Å². The number of nitrogens with zero attached hydrogens (tertiary/aromatic N) is 4. The highest BCUT2D eigenvalue weighted by atomic mass is 19.4. The first-order chi connectivity index (χ1) is 14.2. The van der Waals surface area contributed by atoms with Gasteiger partial charge in [0.15, 0.2) is 5.65 Å². The van der Waals surface area contributed by atoms with Crippen molar-refractivity contribution in [1.82, 2.24) is 19.5 Å². The predicted molar refractivity (Wildman–Crippen MR) is 106 cm³/mol. The van der Waals surface area contributed by atoms with E-state index in [0.29, 0.717) is 43.7 Å². The summed E-state index contributed by atoms with van der Waals surface area (Å²) in [5, 5.41) is 4.22. The third-order valence-corrected chi connectivity index (χ3v) is 5.61. The van der Waals surface area contributed by atoms with E-state index in [9.17, 15) is 18.0 Å². The molecule has 0 bridgehead atoms. The number of halogens is 3. The van der Waals surface area contributed by atoms with Crippen LogP contribution < -0.4 is 0 Å². The number of fused-ring (bicyclic) bond motifs is 1. The Labute approximate surface area is 172 Å². The average molecular weight is 416 g/mol. The van der Waals surface area contributed by atoms with Crippen LogP contribution in [0.3, 0.4) is 0 Å². The van der Waals surface area contributed by atoms with E-state index in [1.54, 1.807) is 13.0 Å². The molecule has 1 amide bonds. The molecular formula is C22H23F3N4O. The van der Waals surface area contributed by atoms with Crippen molar-refractivity contribution in [2.45, 2.75) is 45.2 Å². The Morgan fingerprint density at radius 1 is 1.10 bits per heavy atom. The standard InChI is InChI=1S/C22H23F3N4O/c1-14-3-5-16(6-4-14)12-21(30)28-9-7-17(8-10-28)18-13-20-26-15(2)11-19(22(23,24)25)29(20)27-18/h3-6,11,13,17H,7-10,12H2,1-2H3. The predicted octanol–water partition coefficient (Wildman–Crippen LogP) is 4.31. The second-order valence-electron chi connectivity index (χ2n) is 7.94. The van der Waals surface area contributed by atoms with Crippen molar-refractivity contribution in [3.05, 3.63) is 64.6 Å². The lowest BCUT2D eigenvalue weighted by Crippen LogP contribution is -2.38. The number of piperidine rings is 1. The molecule has 3 heterocycles. The Hall–Kier alpha value is -2.90. The summed E-state index contributed by atoms with van der Waals surface area (Å²) in [7, 11) is 0. The van der Waals surface area contributed by atoms with Crippen LogP contribution in [0.5, 0.6) is 0 Å². The van der Waals surface area contributed by atoms with E-state index >= 15 is 0 Å². The number of aryl methyl sites for hydroxylation is 2. The highest BCUT2D eigenvalue weighted by Gasteiger charge is 2.35. The Bertz CT molecular complexity index is 1060. The minimum Gasteiger partial charge on any atom is -0.342 e. The van der Waals surface area contributed by atoms with E-state index in [1.165, 1.54) is 0 Å². The van der Waals surface area contributed by atoms with Gasteiger partial charge >= 0.3 is 6.18 Å². The van der Waals surface area contributed by atoms with Gasteiger partial charge in [-0.1, -0.05) is 29.8 Å². The van der Waals surface area contributed by atoms with Crippen LogP contribution in [0.15, 0.2) is 36.4 Å². The SMILES string of the molecule is Cc1ccc(CC(=O)N2CCC(c3cc4nc(C)cc(C(F)(F)F)n4n3)CC2)cc1. The van der Waals surface area contributed by atoms with Gasteiger partial charge < -0.3 is 4.90 Å². The third-order valence-electron chi connectivity index (χ3n) is 5.61. The normalized spacial score (nSPS) is 15.7. The number of likely N-dealkylation sites (tertiary alicyclic amines) is 1. The Balaban J connectivity index is 1.45. The fourth-order valence-electron chi connectivity index (χ4n) is 3.94. The minimum absolute atomic E-state index is 0.0107. The van der Waals surface area contributed by atoms with Gasteiger partial charge in [0.2, 0.25) is 5.91 Å². The molecule has 0 N–H and O–H groups in total. The van der Waals surface area contributed by atoms with E-state index in [0.717, 1.165) is 21.7 Å². The summed E-state index contributed by atoms with van der Waals surface area (Å²) < 4.78 is 41.0. The molecule has 1 saturated heterocycles. The molecular weight excluding hydrogens is 393 g/mol. The summed E-state index contributed by atoms with van der Waals surface area (Å²) in [5.74, 6) is 0.0838. The molecule has 0 atom stereocenters. The summed E-state index contributed by atoms with van der Waals surface area (Å²) in [6.45, 7) is 4.69. The second kappa shape index (κ2) is 7.74. The lowest BCUT2D eigenvalue weighted by atomic mass is 9.93. The molecule has 0 saturated carbocycles. The van der Waals surface area contributed by atoms with Crippen LogP contribution in [0.1, 0.15) is 47.0 Å². The van der Waals surface area contributed by atoms with E-state index in [-0.39, 0.29) is 17.5 Å². The van der Waals surface area contributed by atoms with Crippen LogP contribution in [0, 0.1) is 13.8 Å². The highest BCUT2D eigenvalue weighted by molar-refractivity contribution is 5.78. The minimum atomic E-state index is -4.50. The lowest BCUT2D eigenvalue weighted by molar-refractivity contribution is -0.142. The number of hydrogen-bond acceptors (Lipinski definition) is 3. The molecule has 4 rings (SSSR count). The van der Waals surface area contributed by atoms with Crippen molar-refractivity contribution >= 4 is 11.6 Å². The molecule has 5 nitrogen and oxygen atoms in total. The second-order valence-corrected chi connectivity index (χ2v) is 7.94. The highest BCUT2D eigenvalue weighted by Crippen LogP contribution is 2.32. The summed E-state index contributed by atoms with van der Waals surface area (Å²) in [4.78, 5) is 18.6. The lowest BCUT2D eigenvalue weighted by Gasteiger charge is -2.31. The number of rotatable bonds is 3. The molecule has 1 fully saturated rings. The smallest absolute Gasteiger partial charge is 0.342 e. The van der Waals surface area contributed by atoms with Crippen LogP contribution in [0.25, 0.3) is 5.65 Å². The molecule has 8 heteroatoms. The van der Waals surface area contributed by atoms with Crippen LogP contribution in [0.4, 0.5) is 13.2 Å². The van der Waals surface area contributed by atoms with Crippen molar-refractivity contribution in [3.63, 3.8) is 0 Å². The number of alkyl halides is 3. The Kier molecular flexibility index (Phi) is 5.26. The number of hydrogen-bond donors (Lipinski definition) is 0. The molecule has 3 aromatic rings. The fourth-order valence-corrected chi connectivity index (χ4v) is 3.94. The molecule has 158 valence electrons. The van der Waals surface area contributed by atoms with Crippen molar-refractivity contribution < 1.29 is 18.0 Å². The largest absolute Gasteiger partial charge is 0.433 e. The summed E-state index contributed by atoms with van der Waals surface area (Å²) >= 11 is 0. The maximum absolute atomic E-state index is 13.4. The van der Waals surface area contributed by atoms with Crippen molar-refractivity contribution in [2.24, 2.45) is 0 Å². The third kappa shape index (κ3) is 4.17. The molecule has 30 heavy (non-hydrogen) atoms. The Morgan fingerprint density at radius 3 is 2.40 bits per heavy atom. The first-order valence-corrected chi connectivity index (χ1v) is 9.98. The fraction of sp³-hybridized carbons (Fsp3) is 0.409. The zero-order valence-corrected chi connectivity index (χ0v) is 16.9. The summed E-state index contributed by atoms with van der Waals surface area (Å²) in [6, 6.07) is 10.5. The maximum Gasteiger partial charge on any atom is 0.433 e. The van der Waals surface area contributed by atoms with Crippen molar-refractivity contribution in [1.29, 1.82) is 0 Å². The zero-order valence-electron chi connectivity index (χ0n) is 16.9. The molecule has 0 aliphatic carbocycles. The molecule has 0 unspecified atom stereocenters. The average Bonchev–Trinajstić information content (AvgIpc) is 3.12. The van der Waals surface area contributed by atoms with Crippen molar-refractivity contribution in [2.75, 3.05) is 13.1 Å². The van der Waals surface area contributed by atoms with Crippen LogP contribution in [-0.2, 0) is 17.4 Å². The van der Waals surface area contributed by atoms with E-state index in [1.807, 2.05) is 36.1 Å². The van der Waals surface area contributed by atoms with Gasteiger partial charge in [-0.25, -0.2) is 9.50 Å². The van der Waals surface area contributed by atoms with Gasteiger partial charge in [0, 0.05) is 30.8 Å². The molecule has 0 radical (unpaired) electrons. The first kappa shape index (κ1) is 20.4. The van der Waals surface area contributed by atoms with Gasteiger partial charge in [0.1, 0.15) is 5.69 Å².